The average molecular weight is 387 g/mol. The van der Waals surface area contributed by atoms with Crippen LogP contribution >= 0.6 is 0 Å². The van der Waals surface area contributed by atoms with Gasteiger partial charge >= 0.3 is 6.29 Å². The van der Waals surface area contributed by atoms with Crippen molar-refractivity contribution in [3.8, 4) is 11.5 Å². The Bertz CT molecular complexity index is 1110. The second-order valence-electron chi connectivity index (χ2n) is 7.17. The quantitative estimate of drug-likeness (QED) is 0.697. The third kappa shape index (κ3) is 2.67. The van der Waals surface area contributed by atoms with Crippen molar-refractivity contribution in [1.29, 1.82) is 0 Å². The molecule has 0 saturated heterocycles. The highest BCUT2D eigenvalue weighted by Gasteiger charge is 2.52. The Morgan fingerprint density at radius 1 is 1.25 bits per heavy atom. The predicted molar refractivity (Wildman–Crippen MR) is 99.8 cm³/mol. The van der Waals surface area contributed by atoms with E-state index in [9.17, 15) is 13.6 Å². The van der Waals surface area contributed by atoms with Gasteiger partial charge in [-0.15, -0.1) is 8.78 Å². The van der Waals surface area contributed by atoms with Gasteiger partial charge in [-0.1, -0.05) is 13.0 Å². The van der Waals surface area contributed by atoms with Crippen molar-refractivity contribution in [1.82, 2.24) is 9.97 Å². The van der Waals surface area contributed by atoms with E-state index in [0.29, 0.717) is 24.2 Å². The lowest BCUT2D eigenvalue weighted by molar-refractivity contribution is -0.286. The molecule has 3 aromatic rings. The molecule has 2 aliphatic rings. The Labute approximate surface area is 160 Å². The van der Waals surface area contributed by atoms with E-state index in [1.807, 2.05) is 12.1 Å². The molecule has 1 fully saturated rings. The van der Waals surface area contributed by atoms with E-state index in [1.54, 1.807) is 12.3 Å². The Morgan fingerprint density at radius 3 is 2.79 bits per heavy atom. The number of hydrogen-bond acceptors (Lipinski definition) is 4. The van der Waals surface area contributed by atoms with Crippen molar-refractivity contribution in [2.24, 2.45) is 0 Å². The summed E-state index contributed by atoms with van der Waals surface area (Å²) >= 11 is 0. The molecule has 1 saturated carbocycles. The fraction of sp³-hybridized carbons (Fsp3) is 0.300. The number of halogens is 2. The zero-order valence-corrected chi connectivity index (χ0v) is 15.0. The van der Waals surface area contributed by atoms with Gasteiger partial charge in [0.2, 0.25) is 5.91 Å². The third-order valence-electron chi connectivity index (χ3n) is 5.32. The van der Waals surface area contributed by atoms with Crippen molar-refractivity contribution < 1.29 is 24.5 Å². The molecule has 0 radical (unpaired) electrons. The fourth-order valence-electron chi connectivity index (χ4n) is 3.60. The van der Waals surface area contributed by atoms with Gasteiger partial charge in [0.05, 0.1) is 17.1 Å². The molecule has 1 amide bonds. The predicted octanol–water partition coefficient (Wildman–Crippen LogP) is 4.36. The Balaban J connectivity index is 0.00000205. The summed E-state index contributed by atoms with van der Waals surface area (Å²) in [6.07, 6.45) is 0.143. The van der Waals surface area contributed by atoms with Gasteiger partial charge in [0.1, 0.15) is 5.82 Å². The maximum Gasteiger partial charge on any atom is 0.586 e. The number of nitrogens with one attached hydrogen (secondary N) is 2. The molecule has 146 valence electrons. The second-order valence-corrected chi connectivity index (χ2v) is 7.17. The van der Waals surface area contributed by atoms with E-state index in [1.165, 1.54) is 12.1 Å². The third-order valence-corrected chi connectivity index (χ3v) is 5.32. The van der Waals surface area contributed by atoms with Gasteiger partial charge in [0, 0.05) is 12.5 Å². The van der Waals surface area contributed by atoms with Crippen molar-refractivity contribution in [3.63, 3.8) is 0 Å². The number of pyridine rings is 1. The zero-order chi connectivity index (χ0) is 19.5. The molecule has 5 rings (SSSR count). The van der Waals surface area contributed by atoms with Crippen LogP contribution < -0.4 is 14.8 Å². The normalized spacial score (nSPS) is 18.2. The van der Waals surface area contributed by atoms with Crippen LogP contribution in [0.1, 0.15) is 32.4 Å². The number of amides is 1. The van der Waals surface area contributed by atoms with E-state index >= 15 is 0 Å². The van der Waals surface area contributed by atoms with Gasteiger partial charge in [0.15, 0.2) is 11.5 Å². The number of carbonyl (C=O) groups excluding carboxylic acids is 1. The topological polar surface area (TPSA) is 76.2 Å². The van der Waals surface area contributed by atoms with Crippen molar-refractivity contribution >= 4 is 22.6 Å². The monoisotopic (exact) mass is 387 g/mol. The van der Waals surface area contributed by atoms with Crippen LogP contribution in [0, 0.1) is 0 Å². The van der Waals surface area contributed by atoms with E-state index in [0.717, 1.165) is 23.0 Å². The average Bonchev–Trinajstić information content (AvgIpc) is 3.26. The van der Waals surface area contributed by atoms with E-state index < -0.39 is 11.7 Å². The Kier molecular flexibility index (Phi) is 3.44. The second kappa shape index (κ2) is 5.67. The summed E-state index contributed by atoms with van der Waals surface area (Å²) in [6.45, 7) is 2.05. The van der Waals surface area contributed by atoms with Crippen molar-refractivity contribution in [2.45, 2.75) is 37.9 Å². The molecule has 28 heavy (non-hydrogen) atoms. The number of H-pyrrole nitrogens is 1. The number of hydrogen-bond donors (Lipinski definition) is 2. The zero-order valence-electron chi connectivity index (χ0n) is 15.0. The first-order valence-corrected chi connectivity index (χ1v) is 9.08. The van der Waals surface area contributed by atoms with Crippen LogP contribution in [-0.2, 0) is 16.6 Å². The van der Waals surface area contributed by atoms with Gasteiger partial charge in [-0.2, -0.15) is 0 Å². The molecule has 0 atom stereocenters. The number of alkyl halides is 2. The molecular weight excluding hydrogens is 368 g/mol. The van der Waals surface area contributed by atoms with Gasteiger partial charge in [-0.25, -0.2) is 4.98 Å². The molecule has 3 heterocycles. The van der Waals surface area contributed by atoms with Crippen molar-refractivity contribution in [2.75, 3.05) is 5.32 Å². The summed E-state index contributed by atoms with van der Waals surface area (Å²) in [7, 11) is 0. The number of anilines is 1. The molecule has 0 spiro atoms. The number of nitrogens with zero attached hydrogens (tertiary/aromatic N) is 1. The number of rotatable bonds is 4. The first-order valence-electron chi connectivity index (χ1n) is 9.08. The highest BCUT2D eigenvalue weighted by atomic mass is 19.3. The molecular formula is C20H19F2N3O3. The number of aromatic amines is 1. The maximum absolute atomic E-state index is 13.2. The summed E-state index contributed by atoms with van der Waals surface area (Å²) in [5.41, 5.74) is 1.87. The minimum Gasteiger partial charge on any atom is -0.395 e. The molecule has 0 bridgehead atoms. The highest BCUT2D eigenvalue weighted by Crippen LogP contribution is 2.52. The Morgan fingerprint density at radius 2 is 2.04 bits per heavy atom. The molecule has 2 N–H and O–H groups in total. The number of aryl methyl sites for hydroxylation is 1. The number of benzene rings is 1. The first kappa shape index (κ1) is 17.0. The van der Waals surface area contributed by atoms with Crippen molar-refractivity contribution in [3.05, 3.63) is 47.8 Å². The summed E-state index contributed by atoms with van der Waals surface area (Å²) in [6, 6.07) is 8.34. The number of aromatic nitrogens is 2. The summed E-state index contributed by atoms with van der Waals surface area (Å²) in [5, 5.41) is 3.83. The lowest BCUT2D eigenvalue weighted by Crippen LogP contribution is -2.28. The molecule has 6 nitrogen and oxygen atoms in total. The largest absolute Gasteiger partial charge is 0.586 e. The van der Waals surface area contributed by atoms with Crippen LogP contribution in [-0.4, -0.2) is 22.2 Å². The van der Waals surface area contributed by atoms with Crippen LogP contribution in [0.3, 0.4) is 0 Å². The Hall–Kier alpha value is -3.16. The fourth-order valence-corrected chi connectivity index (χ4v) is 3.60. The number of carbonyl (C=O) groups is 1. The maximum atomic E-state index is 13.2. The number of ether oxygens (including phenoxy) is 2. The van der Waals surface area contributed by atoms with Gasteiger partial charge in [0.25, 0.3) is 0 Å². The summed E-state index contributed by atoms with van der Waals surface area (Å²) < 4.78 is 35.4. The minimum absolute atomic E-state index is 0. The van der Waals surface area contributed by atoms with Crippen LogP contribution in [0.5, 0.6) is 11.5 Å². The van der Waals surface area contributed by atoms with Crippen LogP contribution in [0.2, 0.25) is 0 Å². The van der Waals surface area contributed by atoms with Gasteiger partial charge in [-0.3, -0.25) is 4.79 Å². The van der Waals surface area contributed by atoms with Crippen LogP contribution in [0.25, 0.3) is 10.9 Å². The molecule has 1 aromatic carbocycles. The SMILES string of the molecule is CCc1cc2cc(NC(=O)C3(c4ccc5c(c4)OC(F)(F)O5)CC3)ncc2[nH]1.[HH]. The highest BCUT2D eigenvalue weighted by molar-refractivity contribution is 6.01. The van der Waals surface area contributed by atoms with Crippen LogP contribution in [0.4, 0.5) is 14.6 Å². The van der Waals surface area contributed by atoms with Gasteiger partial charge < -0.3 is 19.8 Å². The molecule has 2 aromatic heterocycles. The standard InChI is InChI=1S/C20H17F2N3O3.H2/c1-2-13-7-11-8-17(23-10-14(11)24-13)25-18(26)19(5-6-19)12-3-4-15-16(9-12)28-20(21,22)27-15;/h3-4,7-10,24H,2,5-6H2,1H3,(H,23,25,26);1H. The lowest BCUT2D eigenvalue weighted by atomic mass is 9.94. The van der Waals surface area contributed by atoms with E-state index in [2.05, 4.69) is 31.7 Å². The summed E-state index contributed by atoms with van der Waals surface area (Å²) in [5.74, 6) is 0.158. The first-order chi connectivity index (χ1) is 13.4. The van der Waals surface area contributed by atoms with E-state index in [4.69, 9.17) is 0 Å². The summed E-state index contributed by atoms with van der Waals surface area (Å²) in [4.78, 5) is 20.5. The lowest BCUT2D eigenvalue weighted by Gasteiger charge is -2.16. The minimum atomic E-state index is -3.67. The number of fused-ring (bicyclic) bond motifs is 2. The molecule has 1 aliphatic carbocycles. The molecule has 1 aliphatic heterocycles. The van der Waals surface area contributed by atoms with Crippen LogP contribution in [0.15, 0.2) is 36.5 Å². The van der Waals surface area contributed by atoms with E-state index in [-0.39, 0.29) is 18.8 Å². The smallest absolute Gasteiger partial charge is 0.395 e. The molecule has 8 heteroatoms. The molecule has 0 unspecified atom stereocenters. The van der Waals surface area contributed by atoms with Gasteiger partial charge in [-0.05, 0) is 49.1 Å².